The number of imidazole rings is 1. The number of nitrogens with one attached hydrogen (secondary N) is 1. The van der Waals surface area contributed by atoms with E-state index >= 15 is 0 Å². The fourth-order valence-corrected chi connectivity index (χ4v) is 4.09. The number of hydrogen-bond donors (Lipinski definition) is 1. The van der Waals surface area contributed by atoms with Gasteiger partial charge in [-0.15, -0.1) is 0 Å². The van der Waals surface area contributed by atoms with Crippen LogP contribution < -0.4 is 5.32 Å². The Balaban J connectivity index is 1.37. The van der Waals surface area contributed by atoms with Crippen molar-refractivity contribution in [1.29, 1.82) is 0 Å². The van der Waals surface area contributed by atoms with Crippen molar-refractivity contribution in [2.75, 3.05) is 0 Å². The lowest BCUT2D eigenvalue weighted by atomic mass is 9.81. The maximum Gasteiger partial charge on any atom is 0.243 e. The molecule has 0 spiro atoms. The highest BCUT2D eigenvalue weighted by molar-refractivity contribution is 6.08. The normalized spacial score (nSPS) is 22.8. The van der Waals surface area contributed by atoms with Gasteiger partial charge >= 0.3 is 0 Å². The van der Waals surface area contributed by atoms with Crippen molar-refractivity contribution in [3.63, 3.8) is 0 Å². The highest BCUT2D eigenvalue weighted by Gasteiger charge is 2.50. The highest BCUT2D eigenvalue weighted by atomic mass is 16.2. The average Bonchev–Trinajstić information content (AvgIpc) is 3.34. The summed E-state index contributed by atoms with van der Waals surface area (Å²) in [6.07, 6.45) is 10.2. The number of likely N-dealkylation sites (tertiary alicyclic amines) is 1. The Morgan fingerprint density at radius 1 is 1.21 bits per heavy atom. The molecule has 1 aliphatic heterocycles. The summed E-state index contributed by atoms with van der Waals surface area (Å²) in [7, 11) is 0. The molecule has 3 atom stereocenters. The third kappa shape index (κ3) is 3.30. The predicted molar refractivity (Wildman–Crippen MR) is 100.0 cm³/mol. The molecule has 8 heteroatoms. The van der Waals surface area contributed by atoms with E-state index < -0.39 is 6.04 Å². The van der Waals surface area contributed by atoms with E-state index in [0.717, 1.165) is 37.1 Å². The molecule has 0 aromatic carbocycles. The molecule has 1 aliphatic carbocycles. The van der Waals surface area contributed by atoms with Crippen LogP contribution in [0.3, 0.4) is 0 Å². The molecule has 1 saturated carbocycles. The summed E-state index contributed by atoms with van der Waals surface area (Å²) in [4.78, 5) is 47.3. The molecule has 1 saturated heterocycles. The third-order valence-electron chi connectivity index (χ3n) is 5.69. The maximum absolute atomic E-state index is 12.6. The van der Waals surface area contributed by atoms with Crippen LogP contribution in [0.4, 0.5) is 0 Å². The lowest BCUT2D eigenvalue weighted by Crippen LogP contribution is -2.48. The van der Waals surface area contributed by atoms with E-state index in [4.69, 9.17) is 0 Å². The van der Waals surface area contributed by atoms with Crippen LogP contribution in [0.1, 0.15) is 38.2 Å². The van der Waals surface area contributed by atoms with Crippen molar-refractivity contribution < 1.29 is 14.4 Å². The van der Waals surface area contributed by atoms with Crippen molar-refractivity contribution in [2.45, 2.75) is 45.2 Å². The van der Waals surface area contributed by atoms with Crippen LogP contribution in [0.5, 0.6) is 0 Å². The highest BCUT2D eigenvalue weighted by Crippen LogP contribution is 2.38. The van der Waals surface area contributed by atoms with Crippen molar-refractivity contribution in [1.82, 2.24) is 24.8 Å². The van der Waals surface area contributed by atoms with E-state index in [-0.39, 0.29) is 36.1 Å². The van der Waals surface area contributed by atoms with Crippen LogP contribution >= 0.6 is 0 Å². The molecular weight excluding hydrogens is 358 g/mol. The zero-order chi connectivity index (χ0) is 19.7. The summed E-state index contributed by atoms with van der Waals surface area (Å²) in [5.74, 6) is -0.462. The second kappa shape index (κ2) is 7.53. The summed E-state index contributed by atoms with van der Waals surface area (Å²) in [5, 5.41) is 2.81. The first-order valence-electron chi connectivity index (χ1n) is 9.64. The van der Waals surface area contributed by atoms with Gasteiger partial charge in [0.05, 0.1) is 11.8 Å². The molecule has 146 valence electrons. The van der Waals surface area contributed by atoms with Gasteiger partial charge in [-0.1, -0.05) is 18.9 Å². The summed E-state index contributed by atoms with van der Waals surface area (Å²) >= 11 is 0. The van der Waals surface area contributed by atoms with Gasteiger partial charge < -0.3 is 5.32 Å². The van der Waals surface area contributed by atoms with Gasteiger partial charge in [0.25, 0.3) is 0 Å². The van der Waals surface area contributed by atoms with Gasteiger partial charge in [-0.05, 0) is 31.4 Å². The number of amides is 3. The van der Waals surface area contributed by atoms with E-state index in [1.54, 1.807) is 36.4 Å². The first-order valence-corrected chi connectivity index (χ1v) is 9.64. The molecule has 2 aromatic heterocycles. The summed E-state index contributed by atoms with van der Waals surface area (Å²) in [6.45, 7) is 1.90. The number of carbonyl (C=O) groups is 3. The van der Waals surface area contributed by atoms with E-state index in [1.807, 2.05) is 12.1 Å². The second-order valence-corrected chi connectivity index (χ2v) is 7.43. The summed E-state index contributed by atoms with van der Waals surface area (Å²) < 4.78 is 1.79. The Kier molecular flexibility index (Phi) is 4.93. The summed E-state index contributed by atoms with van der Waals surface area (Å²) in [5.41, 5.74) is 0.831. The molecule has 3 heterocycles. The lowest BCUT2D eigenvalue weighted by Gasteiger charge is -2.22. The molecule has 1 N–H and O–H groups in total. The molecule has 3 unspecified atom stereocenters. The van der Waals surface area contributed by atoms with Crippen LogP contribution in [0.2, 0.25) is 0 Å². The number of imide groups is 1. The van der Waals surface area contributed by atoms with Gasteiger partial charge in [0.15, 0.2) is 0 Å². The number of rotatable bonds is 5. The Labute approximate surface area is 163 Å². The van der Waals surface area contributed by atoms with Crippen LogP contribution in [0, 0.1) is 11.8 Å². The van der Waals surface area contributed by atoms with Crippen molar-refractivity contribution in [3.8, 4) is 5.82 Å². The van der Waals surface area contributed by atoms with Crippen LogP contribution in [0.15, 0.2) is 37.1 Å². The monoisotopic (exact) mass is 381 g/mol. The number of aromatic nitrogens is 3. The topological polar surface area (TPSA) is 97.2 Å². The van der Waals surface area contributed by atoms with E-state index in [0.29, 0.717) is 0 Å². The van der Waals surface area contributed by atoms with Gasteiger partial charge in [0.2, 0.25) is 17.7 Å². The smallest absolute Gasteiger partial charge is 0.243 e. The Bertz CT molecular complexity index is 854. The minimum atomic E-state index is -0.802. The largest absolute Gasteiger partial charge is 0.350 e. The molecule has 2 aromatic rings. The zero-order valence-corrected chi connectivity index (χ0v) is 15.7. The Hall–Kier alpha value is -3.03. The minimum absolute atomic E-state index is 0.191. The van der Waals surface area contributed by atoms with E-state index in [9.17, 15) is 14.4 Å². The SMILES string of the molecule is CC(C(=O)NCc1ccc(-n2ccnc2)nc1)N1C(=O)C2CCCCC2C1=O. The van der Waals surface area contributed by atoms with Crippen LogP contribution in [-0.4, -0.2) is 43.2 Å². The third-order valence-corrected chi connectivity index (χ3v) is 5.69. The van der Waals surface area contributed by atoms with Gasteiger partial charge in [-0.3, -0.25) is 23.9 Å². The number of hydrogen-bond acceptors (Lipinski definition) is 5. The number of carbonyl (C=O) groups excluding carboxylic acids is 3. The van der Waals surface area contributed by atoms with Crippen molar-refractivity contribution in [3.05, 3.63) is 42.6 Å². The molecule has 2 fully saturated rings. The second-order valence-electron chi connectivity index (χ2n) is 7.43. The minimum Gasteiger partial charge on any atom is -0.350 e. The predicted octanol–water partition coefficient (Wildman–Crippen LogP) is 1.45. The Morgan fingerprint density at radius 2 is 1.93 bits per heavy atom. The lowest BCUT2D eigenvalue weighted by molar-refractivity contribution is -0.147. The standard InChI is InChI=1S/C20H23N5O3/c1-13(25-19(27)15-4-2-3-5-16(15)20(25)28)18(26)23-11-14-6-7-17(22-10-14)24-9-8-21-12-24/h6-10,12-13,15-16H,2-5,11H2,1H3,(H,23,26). The molecule has 2 aliphatic rings. The molecule has 8 nitrogen and oxygen atoms in total. The first kappa shape index (κ1) is 18.3. The van der Waals surface area contributed by atoms with E-state index in [1.165, 1.54) is 4.90 Å². The molecule has 0 radical (unpaired) electrons. The fraction of sp³-hybridized carbons (Fsp3) is 0.450. The average molecular weight is 381 g/mol. The van der Waals surface area contributed by atoms with Gasteiger partial charge in [0, 0.05) is 25.1 Å². The molecule has 3 amide bonds. The van der Waals surface area contributed by atoms with Gasteiger partial charge in [-0.25, -0.2) is 9.97 Å². The van der Waals surface area contributed by atoms with Crippen molar-refractivity contribution in [2.24, 2.45) is 11.8 Å². The number of nitrogens with zero attached hydrogens (tertiary/aromatic N) is 4. The van der Waals surface area contributed by atoms with Crippen LogP contribution in [-0.2, 0) is 20.9 Å². The molecule has 4 rings (SSSR count). The van der Waals surface area contributed by atoms with Crippen LogP contribution in [0.25, 0.3) is 5.82 Å². The molecule has 28 heavy (non-hydrogen) atoms. The Morgan fingerprint density at radius 3 is 2.50 bits per heavy atom. The van der Waals surface area contributed by atoms with E-state index in [2.05, 4.69) is 15.3 Å². The maximum atomic E-state index is 12.6. The molecule has 0 bridgehead atoms. The quantitative estimate of drug-likeness (QED) is 0.791. The summed E-state index contributed by atoms with van der Waals surface area (Å²) in [6, 6.07) is 2.91. The number of fused-ring (bicyclic) bond motifs is 1. The van der Waals surface area contributed by atoms with Gasteiger partial charge in [-0.2, -0.15) is 0 Å². The molecular formula is C20H23N5O3. The first-order chi connectivity index (χ1) is 13.6. The van der Waals surface area contributed by atoms with Crippen molar-refractivity contribution >= 4 is 17.7 Å². The zero-order valence-electron chi connectivity index (χ0n) is 15.7. The van der Waals surface area contributed by atoms with Gasteiger partial charge in [0.1, 0.15) is 18.2 Å². The fourth-order valence-electron chi connectivity index (χ4n) is 4.09. The number of pyridine rings is 1.